The smallest absolute Gasteiger partial charge is 0.191 e. The molecular formula is C15H24IN5O2. The molecule has 0 aliphatic heterocycles. The number of hydrogen-bond donors (Lipinski definition) is 3. The molecule has 0 amide bonds. The molecule has 2 rings (SSSR count). The number of halogens is 1. The Morgan fingerprint density at radius 2 is 2.30 bits per heavy atom. The van der Waals surface area contributed by atoms with Crippen LogP contribution in [0.4, 0.5) is 0 Å². The topological polar surface area (TPSA) is 87.5 Å². The summed E-state index contributed by atoms with van der Waals surface area (Å²) in [5, 5.41) is 13.3. The van der Waals surface area contributed by atoms with Crippen molar-refractivity contribution in [3.8, 4) is 0 Å². The highest BCUT2D eigenvalue weighted by Gasteiger charge is 1.99. The highest BCUT2D eigenvalue weighted by molar-refractivity contribution is 14.0. The normalized spacial score (nSPS) is 11.1. The van der Waals surface area contributed by atoms with Crippen molar-refractivity contribution in [3.05, 3.63) is 42.1 Å². The highest BCUT2D eigenvalue weighted by atomic mass is 127. The number of aliphatic imine (C=N–C) groups is 1. The summed E-state index contributed by atoms with van der Waals surface area (Å²) in [7, 11) is 0. The number of aromatic amines is 1. The molecule has 128 valence electrons. The first kappa shape index (κ1) is 19.5. The van der Waals surface area contributed by atoms with Gasteiger partial charge in [-0.2, -0.15) is 5.10 Å². The van der Waals surface area contributed by atoms with Crippen molar-refractivity contribution in [1.82, 2.24) is 20.8 Å². The number of nitrogens with one attached hydrogen (secondary N) is 3. The van der Waals surface area contributed by atoms with E-state index in [0.717, 1.165) is 36.9 Å². The van der Waals surface area contributed by atoms with Crippen LogP contribution in [0.15, 0.2) is 40.1 Å². The second-order valence-corrected chi connectivity index (χ2v) is 4.69. The van der Waals surface area contributed by atoms with Crippen LogP contribution >= 0.6 is 24.0 Å². The van der Waals surface area contributed by atoms with Crippen LogP contribution in [-0.4, -0.2) is 35.9 Å². The van der Waals surface area contributed by atoms with Crippen LogP contribution in [0.2, 0.25) is 0 Å². The van der Waals surface area contributed by atoms with E-state index in [9.17, 15) is 0 Å². The second-order valence-electron chi connectivity index (χ2n) is 4.69. The van der Waals surface area contributed by atoms with Gasteiger partial charge in [0, 0.05) is 25.9 Å². The van der Waals surface area contributed by atoms with Crippen molar-refractivity contribution in [2.75, 3.05) is 19.7 Å². The minimum absolute atomic E-state index is 0. The second kappa shape index (κ2) is 11.9. The van der Waals surface area contributed by atoms with Gasteiger partial charge in [0.2, 0.25) is 0 Å². The van der Waals surface area contributed by atoms with Crippen LogP contribution in [0.25, 0.3) is 0 Å². The standard InChI is InChI=1S/C15H23N5O2.HI/c1-2-16-15(18-11-13-6-8-19-20-13)17-7-4-9-21-12-14-5-3-10-22-14;/h3,5-6,8,10H,2,4,7,9,11-12H2,1H3,(H,19,20)(H2,16,17,18);1H. The Bertz CT molecular complexity index is 528. The molecule has 2 aromatic rings. The van der Waals surface area contributed by atoms with Crippen molar-refractivity contribution < 1.29 is 9.15 Å². The molecule has 23 heavy (non-hydrogen) atoms. The summed E-state index contributed by atoms with van der Waals surface area (Å²) in [6, 6.07) is 5.68. The largest absolute Gasteiger partial charge is 0.467 e. The van der Waals surface area contributed by atoms with Gasteiger partial charge >= 0.3 is 0 Å². The number of furan rings is 1. The molecule has 0 radical (unpaired) electrons. The molecule has 3 N–H and O–H groups in total. The summed E-state index contributed by atoms with van der Waals surface area (Å²) in [6.45, 7) is 5.43. The van der Waals surface area contributed by atoms with E-state index in [1.54, 1.807) is 12.5 Å². The van der Waals surface area contributed by atoms with E-state index in [4.69, 9.17) is 9.15 Å². The van der Waals surface area contributed by atoms with Crippen LogP contribution in [0.1, 0.15) is 24.8 Å². The molecule has 8 heteroatoms. The Balaban J connectivity index is 0.00000264. The van der Waals surface area contributed by atoms with Crippen LogP contribution in [0, 0.1) is 0 Å². The summed E-state index contributed by atoms with van der Waals surface area (Å²) in [5.74, 6) is 1.64. The van der Waals surface area contributed by atoms with E-state index in [2.05, 4.69) is 25.8 Å². The molecular weight excluding hydrogens is 409 g/mol. The number of hydrogen-bond acceptors (Lipinski definition) is 4. The maximum absolute atomic E-state index is 5.53. The number of ether oxygens (including phenoxy) is 1. The fourth-order valence-corrected chi connectivity index (χ4v) is 1.83. The van der Waals surface area contributed by atoms with Crippen LogP contribution in [0.3, 0.4) is 0 Å². The van der Waals surface area contributed by atoms with Gasteiger partial charge in [0.15, 0.2) is 5.96 Å². The number of nitrogens with zero attached hydrogens (tertiary/aromatic N) is 2. The average molecular weight is 433 g/mol. The van der Waals surface area contributed by atoms with E-state index in [1.165, 1.54) is 0 Å². The minimum atomic E-state index is 0. The number of H-pyrrole nitrogens is 1. The van der Waals surface area contributed by atoms with Crippen LogP contribution in [0.5, 0.6) is 0 Å². The van der Waals surface area contributed by atoms with Gasteiger partial charge in [-0.3, -0.25) is 5.10 Å². The molecule has 0 aliphatic rings. The Hall–Kier alpha value is -1.55. The molecule has 7 nitrogen and oxygen atoms in total. The van der Waals surface area contributed by atoms with E-state index in [1.807, 2.05) is 25.1 Å². The first-order chi connectivity index (χ1) is 10.9. The third-order valence-electron chi connectivity index (χ3n) is 2.89. The summed E-state index contributed by atoms with van der Waals surface area (Å²) in [5.41, 5.74) is 0.985. The third kappa shape index (κ3) is 8.03. The molecule has 2 aromatic heterocycles. The van der Waals surface area contributed by atoms with Crippen molar-refractivity contribution in [1.29, 1.82) is 0 Å². The zero-order chi connectivity index (χ0) is 15.5. The van der Waals surface area contributed by atoms with Gasteiger partial charge in [0.1, 0.15) is 12.4 Å². The van der Waals surface area contributed by atoms with Gasteiger partial charge in [-0.1, -0.05) is 0 Å². The lowest BCUT2D eigenvalue weighted by molar-refractivity contribution is 0.105. The third-order valence-corrected chi connectivity index (χ3v) is 2.89. The lowest BCUT2D eigenvalue weighted by Gasteiger charge is -2.11. The molecule has 0 saturated heterocycles. The zero-order valence-electron chi connectivity index (χ0n) is 13.2. The maximum atomic E-state index is 5.53. The lowest BCUT2D eigenvalue weighted by atomic mass is 10.4. The van der Waals surface area contributed by atoms with Crippen molar-refractivity contribution >= 4 is 29.9 Å². The Labute approximate surface area is 153 Å². The fraction of sp³-hybridized carbons (Fsp3) is 0.467. The minimum Gasteiger partial charge on any atom is -0.467 e. The molecule has 0 atom stereocenters. The monoisotopic (exact) mass is 433 g/mol. The Morgan fingerprint density at radius 1 is 1.39 bits per heavy atom. The number of guanidine groups is 1. The van der Waals surface area contributed by atoms with Gasteiger partial charge in [0.05, 0.1) is 18.5 Å². The number of rotatable bonds is 9. The highest BCUT2D eigenvalue weighted by Crippen LogP contribution is 2.01. The summed E-state index contributed by atoms with van der Waals surface area (Å²) in [6.07, 6.45) is 4.27. The quantitative estimate of drug-likeness (QED) is 0.245. The van der Waals surface area contributed by atoms with E-state index >= 15 is 0 Å². The predicted octanol–water partition coefficient (Wildman–Crippen LogP) is 2.28. The molecule has 0 bridgehead atoms. The first-order valence-electron chi connectivity index (χ1n) is 7.49. The van der Waals surface area contributed by atoms with Crippen LogP contribution in [-0.2, 0) is 17.9 Å². The predicted molar refractivity (Wildman–Crippen MR) is 99.8 cm³/mol. The molecule has 2 heterocycles. The van der Waals surface area contributed by atoms with Gasteiger partial charge < -0.3 is 19.8 Å². The first-order valence-corrected chi connectivity index (χ1v) is 7.49. The van der Waals surface area contributed by atoms with E-state index in [-0.39, 0.29) is 24.0 Å². The lowest BCUT2D eigenvalue weighted by Crippen LogP contribution is -2.38. The van der Waals surface area contributed by atoms with Crippen LogP contribution < -0.4 is 10.6 Å². The van der Waals surface area contributed by atoms with Crippen molar-refractivity contribution in [2.24, 2.45) is 4.99 Å². The van der Waals surface area contributed by atoms with E-state index in [0.29, 0.717) is 19.8 Å². The van der Waals surface area contributed by atoms with Gasteiger partial charge in [-0.15, -0.1) is 24.0 Å². The van der Waals surface area contributed by atoms with Crippen molar-refractivity contribution in [2.45, 2.75) is 26.5 Å². The van der Waals surface area contributed by atoms with Crippen molar-refractivity contribution in [3.63, 3.8) is 0 Å². The van der Waals surface area contributed by atoms with Gasteiger partial charge in [-0.25, -0.2) is 4.99 Å². The van der Waals surface area contributed by atoms with Gasteiger partial charge in [0.25, 0.3) is 0 Å². The fourth-order valence-electron chi connectivity index (χ4n) is 1.83. The molecule has 0 unspecified atom stereocenters. The molecule has 0 fully saturated rings. The average Bonchev–Trinajstić information content (AvgIpc) is 3.21. The molecule has 0 spiro atoms. The maximum Gasteiger partial charge on any atom is 0.191 e. The molecule has 0 aromatic carbocycles. The van der Waals surface area contributed by atoms with Gasteiger partial charge in [-0.05, 0) is 31.5 Å². The molecule has 0 aliphatic carbocycles. The number of aromatic nitrogens is 2. The Morgan fingerprint density at radius 3 is 3.00 bits per heavy atom. The van der Waals surface area contributed by atoms with E-state index < -0.39 is 0 Å². The zero-order valence-corrected chi connectivity index (χ0v) is 15.6. The summed E-state index contributed by atoms with van der Waals surface area (Å²) >= 11 is 0. The summed E-state index contributed by atoms with van der Waals surface area (Å²) < 4.78 is 10.7. The Kier molecular flexibility index (Phi) is 10.1. The summed E-state index contributed by atoms with van der Waals surface area (Å²) in [4.78, 5) is 4.48. The SMILES string of the molecule is CCNC(=NCc1ccn[nH]1)NCCCOCc1ccco1.I. The molecule has 0 saturated carbocycles.